The second-order valence-electron chi connectivity index (χ2n) is 10.7. The van der Waals surface area contributed by atoms with E-state index in [1.54, 1.807) is 11.1 Å². The molecule has 194 valence electrons. The van der Waals surface area contributed by atoms with E-state index in [1.165, 1.54) is 19.2 Å². The Morgan fingerprint density at radius 3 is 2.46 bits per heavy atom. The summed E-state index contributed by atoms with van der Waals surface area (Å²) in [5.41, 5.74) is 1.54. The van der Waals surface area contributed by atoms with Gasteiger partial charge in [-0.2, -0.15) is 4.39 Å². The lowest BCUT2D eigenvalue weighted by Gasteiger charge is -2.45. The first-order valence-corrected chi connectivity index (χ1v) is 12.3. The van der Waals surface area contributed by atoms with Crippen LogP contribution in [0.2, 0.25) is 0 Å². The lowest BCUT2D eigenvalue weighted by molar-refractivity contribution is 0.00566. The highest BCUT2D eigenvalue weighted by molar-refractivity contribution is 5.83. The Labute approximate surface area is 213 Å². The van der Waals surface area contributed by atoms with Crippen LogP contribution in [0.5, 0.6) is 0 Å². The lowest BCUT2D eigenvalue weighted by atomic mass is 10.1. The number of piperazine rings is 1. The number of rotatable bonds is 2. The van der Waals surface area contributed by atoms with Gasteiger partial charge >= 0.3 is 6.09 Å². The Balaban J connectivity index is 1.40. The number of nitrogens with zero attached hydrogens (tertiary/aromatic N) is 6. The number of benzene rings is 1. The molecule has 10 heteroatoms. The minimum atomic E-state index is -0.641. The molecule has 0 unspecified atom stereocenters. The van der Waals surface area contributed by atoms with E-state index >= 15 is 0 Å². The predicted molar refractivity (Wildman–Crippen MR) is 138 cm³/mol. The van der Waals surface area contributed by atoms with Crippen LogP contribution < -0.4 is 4.90 Å². The molecule has 1 saturated heterocycles. The van der Waals surface area contributed by atoms with Crippen LogP contribution in [0.1, 0.15) is 40.3 Å². The van der Waals surface area contributed by atoms with Crippen molar-refractivity contribution < 1.29 is 18.3 Å². The fraction of sp³-hybridized carbons (Fsp3) is 0.407. The zero-order valence-electron chi connectivity index (χ0n) is 21.8. The lowest BCUT2D eigenvalue weighted by Crippen LogP contribution is -2.59. The summed E-state index contributed by atoms with van der Waals surface area (Å²) >= 11 is 0. The van der Waals surface area contributed by atoms with Gasteiger partial charge in [0.15, 0.2) is 17.3 Å². The van der Waals surface area contributed by atoms with Crippen molar-refractivity contribution in [3.63, 3.8) is 0 Å². The van der Waals surface area contributed by atoms with Gasteiger partial charge in [0.2, 0.25) is 5.95 Å². The van der Waals surface area contributed by atoms with E-state index in [1.807, 2.05) is 52.8 Å². The number of anilines is 1. The number of hydrogen-bond acceptors (Lipinski definition) is 6. The zero-order valence-corrected chi connectivity index (χ0v) is 21.8. The van der Waals surface area contributed by atoms with Gasteiger partial charge in [0.05, 0.1) is 23.3 Å². The molecule has 8 nitrogen and oxygen atoms in total. The van der Waals surface area contributed by atoms with Crippen LogP contribution in [0, 0.1) is 18.7 Å². The standard InChI is InChI=1S/C27H30F2N6O2/c1-15-12-33(13-16(2)35(15)26(36)37-27(4,5)6)20-7-8-22-18(9-20)11-30-24(32-22)19-10-21(28)25-31-17(3)23(29)34(25)14-19/h7-11,14-16H,12-13H2,1-6H3/t15-,16-/m0/s1. The first kappa shape index (κ1) is 24.9. The summed E-state index contributed by atoms with van der Waals surface area (Å²) in [4.78, 5) is 29.7. The van der Waals surface area contributed by atoms with Gasteiger partial charge in [0, 0.05) is 42.1 Å². The van der Waals surface area contributed by atoms with Gasteiger partial charge in [0.25, 0.3) is 0 Å². The van der Waals surface area contributed by atoms with Crippen LogP contribution in [0.3, 0.4) is 0 Å². The Bertz CT molecular complexity index is 1500. The van der Waals surface area contributed by atoms with Gasteiger partial charge in [-0.15, -0.1) is 0 Å². The maximum absolute atomic E-state index is 14.6. The molecular formula is C27H30F2N6O2. The maximum Gasteiger partial charge on any atom is 0.410 e. The van der Waals surface area contributed by atoms with Crippen molar-refractivity contribution >= 4 is 28.3 Å². The van der Waals surface area contributed by atoms with E-state index in [2.05, 4.69) is 19.9 Å². The largest absolute Gasteiger partial charge is 0.444 e. The summed E-state index contributed by atoms with van der Waals surface area (Å²) in [5, 5.41) is 0.822. The quantitative estimate of drug-likeness (QED) is 0.363. The van der Waals surface area contributed by atoms with E-state index in [0.717, 1.165) is 15.5 Å². The Morgan fingerprint density at radius 2 is 1.78 bits per heavy atom. The minimum absolute atomic E-state index is 0.0371. The molecule has 0 N–H and O–H groups in total. The number of carbonyl (C=O) groups is 1. The van der Waals surface area contributed by atoms with Crippen LogP contribution in [0.25, 0.3) is 27.9 Å². The van der Waals surface area contributed by atoms with Gasteiger partial charge < -0.3 is 9.64 Å². The Morgan fingerprint density at radius 1 is 1.08 bits per heavy atom. The van der Waals surface area contributed by atoms with Gasteiger partial charge in [-0.25, -0.2) is 24.1 Å². The number of carbonyl (C=O) groups excluding carboxylic acids is 1. The molecule has 4 aromatic rings. The van der Waals surface area contributed by atoms with Crippen molar-refractivity contribution in [2.45, 2.75) is 59.2 Å². The number of fused-ring (bicyclic) bond motifs is 2. The molecule has 5 rings (SSSR count). The molecule has 0 bridgehead atoms. The van der Waals surface area contributed by atoms with Crippen molar-refractivity contribution in [3.8, 4) is 11.4 Å². The van der Waals surface area contributed by atoms with Crippen molar-refractivity contribution in [1.82, 2.24) is 24.3 Å². The SMILES string of the molecule is Cc1nc2c(F)cc(-c3ncc4cc(N5C[C@H](C)N(C(=O)OC(C)(C)C)[C@@H](C)C5)ccc4n3)cn2c1F. The highest BCUT2D eigenvalue weighted by Gasteiger charge is 2.35. The molecule has 2 atom stereocenters. The molecule has 37 heavy (non-hydrogen) atoms. The fourth-order valence-corrected chi connectivity index (χ4v) is 4.88. The smallest absolute Gasteiger partial charge is 0.410 e. The van der Waals surface area contributed by atoms with Crippen molar-refractivity contribution in [3.05, 3.63) is 54.1 Å². The monoisotopic (exact) mass is 508 g/mol. The first-order valence-electron chi connectivity index (χ1n) is 12.3. The fourth-order valence-electron chi connectivity index (χ4n) is 4.88. The number of aryl methyl sites for hydroxylation is 1. The first-order chi connectivity index (χ1) is 17.4. The topological polar surface area (TPSA) is 75.9 Å². The van der Waals surface area contributed by atoms with Crippen LogP contribution in [-0.4, -0.2) is 61.1 Å². The van der Waals surface area contributed by atoms with Crippen LogP contribution in [0.15, 0.2) is 36.7 Å². The van der Waals surface area contributed by atoms with Crippen molar-refractivity contribution in [1.29, 1.82) is 0 Å². The molecule has 0 aliphatic carbocycles. The predicted octanol–water partition coefficient (Wildman–Crippen LogP) is 5.37. The molecule has 4 heterocycles. The average molecular weight is 509 g/mol. The normalized spacial score (nSPS) is 18.6. The summed E-state index contributed by atoms with van der Waals surface area (Å²) in [6.45, 7) is 12.4. The van der Waals surface area contributed by atoms with Crippen molar-refractivity contribution in [2.75, 3.05) is 18.0 Å². The molecule has 1 fully saturated rings. The molecule has 1 aliphatic rings. The maximum atomic E-state index is 14.6. The third-order valence-electron chi connectivity index (χ3n) is 6.49. The summed E-state index contributed by atoms with van der Waals surface area (Å²) < 4.78 is 35.6. The number of imidazole rings is 1. The second kappa shape index (κ2) is 8.93. The number of halogens is 2. The number of pyridine rings is 1. The molecule has 3 aromatic heterocycles. The summed E-state index contributed by atoms with van der Waals surface area (Å²) in [6, 6.07) is 7.07. The zero-order chi connectivity index (χ0) is 26.6. The van der Waals surface area contributed by atoms with E-state index in [0.29, 0.717) is 30.0 Å². The van der Waals surface area contributed by atoms with E-state index in [9.17, 15) is 13.6 Å². The molecule has 0 spiro atoms. The molecular weight excluding hydrogens is 478 g/mol. The molecule has 1 aromatic carbocycles. The number of ether oxygens (including phenoxy) is 1. The van der Waals surface area contributed by atoms with Gasteiger partial charge in [-0.05, 0) is 65.8 Å². The van der Waals surface area contributed by atoms with Gasteiger partial charge in [-0.1, -0.05) is 0 Å². The highest BCUT2D eigenvalue weighted by atomic mass is 19.1. The molecule has 0 radical (unpaired) electrons. The molecule has 0 saturated carbocycles. The highest BCUT2D eigenvalue weighted by Crippen LogP contribution is 2.28. The van der Waals surface area contributed by atoms with E-state index in [4.69, 9.17) is 4.74 Å². The summed E-state index contributed by atoms with van der Waals surface area (Å²) in [7, 11) is 0. The number of aromatic nitrogens is 4. The van der Waals surface area contributed by atoms with Gasteiger partial charge in [0.1, 0.15) is 5.60 Å². The van der Waals surface area contributed by atoms with Crippen LogP contribution >= 0.6 is 0 Å². The van der Waals surface area contributed by atoms with Crippen molar-refractivity contribution in [2.24, 2.45) is 0 Å². The average Bonchev–Trinajstić information content (AvgIpc) is 3.11. The van der Waals surface area contributed by atoms with Crippen LogP contribution in [-0.2, 0) is 4.74 Å². The van der Waals surface area contributed by atoms with Gasteiger partial charge in [-0.3, -0.25) is 9.30 Å². The number of amides is 1. The summed E-state index contributed by atoms with van der Waals surface area (Å²) in [5.74, 6) is -0.964. The molecule has 1 aliphatic heterocycles. The third-order valence-corrected chi connectivity index (χ3v) is 6.49. The second-order valence-corrected chi connectivity index (χ2v) is 10.7. The summed E-state index contributed by atoms with van der Waals surface area (Å²) in [6.07, 6.45) is 2.84. The third kappa shape index (κ3) is 4.68. The van der Waals surface area contributed by atoms with E-state index < -0.39 is 17.4 Å². The van der Waals surface area contributed by atoms with Crippen LogP contribution in [0.4, 0.5) is 19.3 Å². The minimum Gasteiger partial charge on any atom is -0.444 e. The number of hydrogen-bond donors (Lipinski definition) is 0. The Hall–Kier alpha value is -3.82. The van der Waals surface area contributed by atoms with E-state index in [-0.39, 0.29) is 29.5 Å². The molecule has 1 amide bonds. The Kier molecular flexibility index (Phi) is 6.00.